The molecule has 10 aromatic rings. The number of hydrogen-bond acceptors (Lipinski definition) is 15. The Kier molecular flexibility index (Phi) is 29.3. The number of thioether (sulfide) groups is 1. The number of nitrogens with two attached hydrogens (primary N) is 1. The quantitative estimate of drug-likeness (QED) is 0.0225. The van der Waals surface area contributed by atoms with Crippen molar-refractivity contribution >= 4 is 89.0 Å². The van der Waals surface area contributed by atoms with Crippen LogP contribution in [0.25, 0.3) is 0 Å². The Balaban J connectivity index is 0.000000175. The Morgan fingerprint density at radius 3 is 1.03 bits per heavy atom. The van der Waals surface area contributed by atoms with Crippen LogP contribution in [-0.2, 0) is 77.7 Å². The number of carbonyl (C=O) groups is 6. The highest BCUT2D eigenvalue weighted by Crippen LogP contribution is 2.57. The lowest BCUT2D eigenvalue weighted by Crippen LogP contribution is -2.67. The van der Waals surface area contributed by atoms with Crippen molar-refractivity contribution in [3.63, 3.8) is 0 Å². The van der Waals surface area contributed by atoms with E-state index in [0.717, 1.165) is 70.2 Å². The molecule has 0 heterocycles. The largest absolute Gasteiger partial charge is 0.342 e. The third kappa shape index (κ3) is 23.9. The van der Waals surface area contributed by atoms with Gasteiger partial charge in [-0.1, -0.05) is 140 Å². The van der Waals surface area contributed by atoms with Gasteiger partial charge in [0.1, 0.15) is 40.6 Å². The van der Waals surface area contributed by atoms with E-state index in [0.29, 0.717) is 40.1 Å². The lowest BCUT2D eigenvalue weighted by molar-refractivity contribution is -0.121. The van der Waals surface area contributed by atoms with Gasteiger partial charge in [0.05, 0.1) is 39.7 Å². The van der Waals surface area contributed by atoms with Crippen LogP contribution in [0.3, 0.4) is 0 Å². The molecule has 0 spiro atoms. The molecule has 3 amide bonds. The number of benzene rings is 10. The molecule has 588 valence electrons. The molecule has 0 aliphatic heterocycles. The predicted molar refractivity (Wildman–Crippen MR) is 434 cm³/mol. The molecule has 6 saturated carbocycles. The molecule has 3 atom stereocenters. The zero-order valence-electron chi connectivity index (χ0n) is 61.9. The molecule has 10 aromatic carbocycles. The molecule has 6 aliphatic carbocycles. The molecular weight excluding hydrogens is 1570 g/mol. The first kappa shape index (κ1) is 86.0. The minimum absolute atomic E-state index is 0. The van der Waals surface area contributed by atoms with Gasteiger partial charge in [-0.3, -0.25) is 28.8 Å². The standard InChI is InChI=1S/C31H25FN2O2S.C29H26FN3O4S.C24H18ClFN2O4S.C5H9N.ClH/c32-27-14-12-25(13-15-27)31(36)34-28(18-22-7-3-1-4-8-22)29(35)19-24-11-16-30(26(17-24)20-33)37-21-23-9-5-2-6-10-23;30-24-9-7-22(8-10-24)28(35)32-25(13-19-4-2-1-3-5-19)26(34)14-20-6-11-27(23(12-20)18-31)38(36,37)33-29-15-21(16-29)17-29;25-33(31,32)23-11-6-17(12-19(23)15-27)14-22(29)21(13-16-4-2-1-3-5-16)28-24(30)18-7-9-20(26)10-8-18;6-5-1-4(2-5)3-5;/h1-17,28H,18-19,21H2,(H,34,36);1-12,21,25,33H,13-17H2,(H,32,35);1-12,21H,13-14H2,(H,28,30);4H,1-3,6H2;1H/t28-;21?,25-,29?;21-;;/m000../s1. The zero-order valence-corrected chi connectivity index (χ0v) is 65.9. The van der Waals surface area contributed by atoms with E-state index in [1.165, 1.54) is 116 Å². The van der Waals surface area contributed by atoms with Gasteiger partial charge >= 0.3 is 0 Å². The normalized spacial score (nSPS) is 17.1. The third-order valence-electron chi connectivity index (χ3n) is 20.1. The van der Waals surface area contributed by atoms with Crippen molar-refractivity contribution in [1.82, 2.24) is 20.7 Å². The van der Waals surface area contributed by atoms with Crippen molar-refractivity contribution in [2.45, 2.75) is 127 Å². The Labute approximate surface area is 680 Å². The first-order chi connectivity index (χ1) is 54.6. The molecule has 6 fully saturated rings. The number of sulfonamides is 1. The molecular formula is C89H79Cl2F3N8O10S3. The minimum Gasteiger partial charge on any atom is -0.342 e. The summed E-state index contributed by atoms with van der Waals surface area (Å²) in [4.78, 5) is 78.6. The second-order valence-corrected chi connectivity index (χ2v) is 34.0. The van der Waals surface area contributed by atoms with E-state index in [4.69, 9.17) is 16.4 Å². The fourth-order valence-electron chi connectivity index (χ4n) is 13.9. The molecule has 6 N–H and O–H groups in total. The summed E-state index contributed by atoms with van der Waals surface area (Å²) in [7, 11) is -2.64. The van der Waals surface area contributed by atoms with Crippen LogP contribution in [0, 0.1) is 63.3 Å². The zero-order chi connectivity index (χ0) is 81.2. The third-order valence-corrected chi connectivity index (χ3v) is 24.3. The van der Waals surface area contributed by atoms with Crippen LogP contribution in [0.5, 0.6) is 0 Å². The van der Waals surface area contributed by atoms with Gasteiger partial charge in [-0.05, 0) is 218 Å². The maximum Gasteiger partial charge on any atom is 0.262 e. The number of ketones is 3. The van der Waals surface area contributed by atoms with Crippen molar-refractivity contribution in [3.05, 3.63) is 338 Å². The van der Waals surface area contributed by atoms with E-state index in [1.54, 1.807) is 23.9 Å². The number of nitriles is 3. The number of amides is 3. The topological polar surface area (TPSA) is 316 Å². The van der Waals surface area contributed by atoms with Crippen molar-refractivity contribution in [1.29, 1.82) is 15.8 Å². The van der Waals surface area contributed by atoms with Crippen molar-refractivity contribution in [3.8, 4) is 18.2 Å². The summed E-state index contributed by atoms with van der Waals surface area (Å²) in [6.45, 7) is 0. The number of halogens is 5. The van der Waals surface area contributed by atoms with Crippen LogP contribution >= 0.6 is 34.9 Å². The number of rotatable bonds is 28. The molecule has 26 heteroatoms. The molecule has 115 heavy (non-hydrogen) atoms. The molecule has 0 radical (unpaired) electrons. The second-order valence-electron chi connectivity index (χ2n) is 28.8. The maximum absolute atomic E-state index is 13.4. The average molecular weight is 1640 g/mol. The summed E-state index contributed by atoms with van der Waals surface area (Å²) in [5.74, 6) is -1.35. The summed E-state index contributed by atoms with van der Waals surface area (Å²) in [5.41, 5.74) is 12.0. The molecule has 4 bridgehead atoms. The Morgan fingerprint density at radius 2 is 0.730 bits per heavy atom. The highest BCUT2D eigenvalue weighted by atomic mass is 35.7. The predicted octanol–water partition coefficient (Wildman–Crippen LogP) is 14.5. The van der Waals surface area contributed by atoms with E-state index in [2.05, 4.69) is 26.7 Å². The smallest absolute Gasteiger partial charge is 0.262 e. The van der Waals surface area contributed by atoms with E-state index >= 15 is 0 Å². The van der Waals surface area contributed by atoms with Gasteiger partial charge in [0.15, 0.2) is 17.3 Å². The van der Waals surface area contributed by atoms with Gasteiger partial charge in [0.25, 0.3) is 26.8 Å². The summed E-state index contributed by atoms with van der Waals surface area (Å²) >= 11 is 1.58. The van der Waals surface area contributed by atoms with E-state index in [9.17, 15) is 74.6 Å². The molecule has 18 nitrogen and oxygen atoms in total. The van der Waals surface area contributed by atoms with E-state index < -0.39 is 72.4 Å². The summed E-state index contributed by atoms with van der Waals surface area (Å²) in [6, 6.07) is 69.9. The maximum atomic E-state index is 13.4. The molecule has 16 rings (SSSR count). The first-order valence-corrected chi connectivity index (χ1v) is 41.3. The monoisotopic (exact) mass is 1640 g/mol. The molecule has 0 unspecified atom stereocenters. The van der Waals surface area contributed by atoms with E-state index in [-0.39, 0.29) is 105 Å². The number of hydrogen-bond donors (Lipinski definition) is 5. The molecule has 0 aromatic heterocycles. The highest BCUT2D eigenvalue weighted by molar-refractivity contribution is 8.13. The van der Waals surface area contributed by atoms with Gasteiger partial charge in [-0.2, -0.15) is 15.8 Å². The van der Waals surface area contributed by atoms with Gasteiger partial charge in [-0.25, -0.2) is 34.7 Å². The van der Waals surface area contributed by atoms with Crippen molar-refractivity contribution in [2.24, 2.45) is 17.6 Å². The summed E-state index contributed by atoms with van der Waals surface area (Å²) in [6.07, 6.45) is 7.03. The number of carbonyl (C=O) groups excluding carboxylic acids is 6. The lowest BCUT2D eigenvalue weighted by Gasteiger charge is -2.61. The van der Waals surface area contributed by atoms with Crippen LogP contribution in [0.15, 0.2) is 263 Å². The number of Topliss-reactive ketones (excluding diaryl/α,β-unsaturated/α-hetero) is 3. The fraction of sp³-hybridized carbons (Fsp3) is 0.225. The van der Waals surface area contributed by atoms with Crippen LogP contribution in [0.4, 0.5) is 13.2 Å². The lowest BCUT2D eigenvalue weighted by atomic mass is 9.50. The summed E-state index contributed by atoms with van der Waals surface area (Å²) in [5, 5.41) is 36.9. The van der Waals surface area contributed by atoms with Gasteiger partial charge in [0, 0.05) is 68.4 Å². The number of nitrogens with one attached hydrogen (secondary N) is 4. The van der Waals surface area contributed by atoms with Crippen LogP contribution in [0.1, 0.15) is 125 Å². The summed E-state index contributed by atoms with van der Waals surface area (Å²) < 4.78 is 91.7. The highest BCUT2D eigenvalue weighted by Gasteiger charge is 2.58. The van der Waals surface area contributed by atoms with Gasteiger partial charge < -0.3 is 21.7 Å². The molecule has 6 aliphatic rings. The second kappa shape index (κ2) is 39.1. The van der Waals surface area contributed by atoms with Crippen LogP contribution in [-0.4, -0.2) is 81.1 Å². The Bertz CT molecular complexity index is 5520. The van der Waals surface area contributed by atoms with Crippen molar-refractivity contribution < 1.29 is 58.8 Å². The SMILES string of the molecule is Cl.N#Cc1cc(CC(=O)[C@H](Cc2ccccc2)NC(=O)c2ccc(F)cc2)ccc1S(=O)(=O)Cl.N#Cc1cc(CC(=O)[C@H](Cc2ccccc2)NC(=O)c2ccc(F)cc2)ccc1S(=O)(=O)NC12CC(C1)C2.N#Cc1cc(CC(=O)[C@H](Cc2ccccc2)NC(=O)c2ccc(F)cc2)ccc1SCc1ccccc1.NC12CC(C1)C2. The number of nitrogens with zero attached hydrogens (tertiary/aromatic N) is 3. The fourth-order valence-corrected chi connectivity index (χ4v) is 17.4. The molecule has 0 saturated heterocycles. The van der Waals surface area contributed by atoms with Gasteiger partial charge in [0.2, 0.25) is 10.0 Å². The van der Waals surface area contributed by atoms with E-state index in [1.807, 2.05) is 140 Å². The average Bonchev–Trinajstić information content (AvgIpc) is 0.722. The first-order valence-electron chi connectivity index (χ1n) is 36.6. The van der Waals surface area contributed by atoms with Crippen molar-refractivity contribution in [2.75, 3.05) is 0 Å². The van der Waals surface area contributed by atoms with Crippen LogP contribution in [0.2, 0.25) is 0 Å². The minimum atomic E-state index is -4.12. The van der Waals surface area contributed by atoms with Gasteiger partial charge in [-0.15, -0.1) is 24.2 Å². The Hall–Kier alpha value is -11.4. The Morgan fingerprint density at radius 1 is 0.426 bits per heavy atom. The van der Waals surface area contributed by atoms with Crippen LogP contribution < -0.4 is 26.4 Å².